The number of pyridine rings is 1. The van der Waals surface area contributed by atoms with Gasteiger partial charge in [-0.05, 0) is 12.1 Å². The average molecular weight is 253 g/mol. The number of aliphatic hydroxyl groups is 1. The molecule has 7 heteroatoms. The number of anilines is 1. The molecule has 98 valence electrons. The summed E-state index contributed by atoms with van der Waals surface area (Å²) >= 11 is 0. The number of hydrogen-bond acceptors (Lipinski definition) is 5. The molecule has 1 rings (SSSR count). The number of carboxylic acids is 1. The van der Waals surface area contributed by atoms with Gasteiger partial charge in [-0.1, -0.05) is 0 Å². The Labute approximate surface area is 104 Å². The Bertz CT molecular complexity index is 419. The summed E-state index contributed by atoms with van der Waals surface area (Å²) in [6.45, 7) is -0.308. The fourth-order valence-corrected chi connectivity index (χ4v) is 1.34. The van der Waals surface area contributed by atoms with Crippen molar-refractivity contribution in [1.29, 1.82) is 0 Å². The SMILES string of the molecule is Nc1ccc(CC(=O)N[C@@H](CCO)C(=O)O)nc1. The first-order chi connectivity index (χ1) is 8.52. The van der Waals surface area contributed by atoms with Crippen LogP contribution in [0.1, 0.15) is 12.1 Å². The van der Waals surface area contributed by atoms with Crippen LogP contribution in [0.2, 0.25) is 0 Å². The van der Waals surface area contributed by atoms with Gasteiger partial charge in [0, 0.05) is 18.7 Å². The number of nitrogens with two attached hydrogens (primary N) is 1. The van der Waals surface area contributed by atoms with E-state index in [9.17, 15) is 9.59 Å². The number of amides is 1. The van der Waals surface area contributed by atoms with Crippen molar-refractivity contribution in [3.05, 3.63) is 24.0 Å². The number of aliphatic hydroxyl groups excluding tert-OH is 1. The third kappa shape index (κ3) is 4.38. The molecule has 0 aliphatic rings. The van der Waals surface area contributed by atoms with Crippen LogP contribution < -0.4 is 11.1 Å². The number of rotatable bonds is 6. The monoisotopic (exact) mass is 253 g/mol. The molecule has 0 aliphatic heterocycles. The average Bonchev–Trinajstić information content (AvgIpc) is 2.31. The van der Waals surface area contributed by atoms with E-state index in [0.717, 1.165) is 0 Å². The van der Waals surface area contributed by atoms with Crippen LogP contribution >= 0.6 is 0 Å². The van der Waals surface area contributed by atoms with E-state index >= 15 is 0 Å². The van der Waals surface area contributed by atoms with Gasteiger partial charge in [0.15, 0.2) is 0 Å². The number of nitrogen functional groups attached to an aromatic ring is 1. The Kier molecular flexibility index (Phi) is 5.06. The number of nitrogens with one attached hydrogen (secondary N) is 1. The normalized spacial score (nSPS) is 11.8. The molecule has 18 heavy (non-hydrogen) atoms. The molecule has 7 nitrogen and oxygen atoms in total. The predicted molar refractivity (Wildman–Crippen MR) is 63.6 cm³/mol. The van der Waals surface area contributed by atoms with Crippen LogP contribution in [0.25, 0.3) is 0 Å². The lowest BCUT2D eigenvalue weighted by atomic mass is 10.2. The molecule has 1 aromatic heterocycles. The second kappa shape index (κ2) is 6.55. The largest absolute Gasteiger partial charge is 0.480 e. The molecule has 0 spiro atoms. The maximum absolute atomic E-state index is 11.6. The van der Waals surface area contributed by atoms with Crippen LogP contribution in [0, 0.1) is 0 Å². The molecule has 0 fully saturated rings. The van der Waals surface area contributed by atoms with E-state index in [1.165, 1.54) is 6.20 Å². The topological polar surface area (TPSA) is 126 Å². The molecule has 0 aliphatic carbocycles. The van der Waals surface area contributed by atoms with Gasteiger partial charge in [-0.3, -0.25) is 9.78 Å². The van der Waals surface area contributed by atoms with E-state index in [1.807, 2.05) is 0 Å². The zero-order valence-electron chi connectivity index (χ0n) is 9.67. The lowest BCUT2D eigenvalue weighted by Gasteiger charge is -2.12. The summed E-state index contributed by atoms with van der Waals surface area (Å²) in [4.78, 5) is 26.3. The van der Waals surface area contributed by atoms with Crippen LogP contribution in [0.4, 0.5) is 5.69 Å². The predicted octanol–water partition coefficient (Wildman–Crippen LogP) is -0.842. The second-order valence-corrected chi connectivity index (χ2v) is 3.73. The van der Waals surface area contributed by atoms with Gasteiger partial charge in [0.2, 0.25) is 5.91 Å². The van der Waals surface area contributed by atoms with Crippen molar-refractivity contribution < 1.29 is 19.8 Å². The number of aromatic nitrogens is 1. The molecule has 0 radical (unpaired) electrons. The number of carbonyl (C=O) groups excluding carboxylic acids is 1. The maximum atomic E-state index is 11.6. The lowest BCUT2D eigenvalue weighted by molar-refractivity contribution is -0.142. The molecule has 0 saturated carbocycles. The van der Waals surface area contributed by atoms with E-state index in [2.05, 4.69) is 10.3 Å². The molecule has 0 aromatic carbocycles. The zero-order valence-corrected chi connectivity index (χ0v) is 9.67. The van der Waals surface area contributed by atoms with Gasteiger partial charge >= 0.3 is 5.97 Å². The van der Waals surface area contributed by atoms with Crippen molar-refractivity contribution >= 4 is 17.6 Å². The molecule has 1 atom stereocenters. The van der Waals surface area contributed by atoms with Crippen LogP contribution in [0.15, 0.2) is 18.3 Å². The molecule has 0 saturated heterocycles. The highest BCUT2D eigenvalue weighted by Crippen LogP contribution is 2.02. The van der Waals surface area contributed by atoms with Crippen molar-refractivity contribution in [3.63, 3.8) is 0 Å². The van der Waals surface area contributed by atoms with Gasteiger partial charge in [-0.15, -0.1) is 0 Å². The molecular weight excluding hydrogens is 238 g/mol. The summed E-state index contributed by atoms with van der Waals surface area (Å²) in [5, 5.41) is 19.8. The lowest BCUT2D eigenvalue weighted by Crippen LogP contribution is -2.42. The highest BCUT2D eigenvalue weighted by atomic mass is 16.4. The Morgan fingerprint density at radius 1 is 1.44 bits per heavy atom. The molecule has 1 heterocycles. The van der Waals surface area contributed by atoms with Gasteiger partial charge in [0.25, 0.3) is 0 Å². The fraction of sp³-hybridized carbons (Fsp3) is 0.364. The van der Waals surface area contributed by atoms with Gasteiger partial charge in [-0.2, -0.15) is 0 Å². The Hall–Kier alpha value is -2.15. The van der Waals surface area contributed by atoms with Gasteiger partial charge < -0.3 is 21.3 Å². The summed E-state index contributed by atoms with van der Waals surface area (Å²) in [5.74, 6) is -1.64. The summed E-state index contributed by atoms with van der Waals surface area (Å²) < 4.78 is 0. The van der Waals surface area contributed by atoms with Crippen molar-refractivity contribution in [3.8, 4) is 0 Å². The third-order valence-electron chi connectivity index (χ3n) is 2.24. The number of hydrogen-bond donors (Lipinski definition) is 4. The zero-order chi connectivity index (χ0) is 13.5. The van der Waals surface area contributed by atoms with Gasteiger partial charge in [0.1, 0.15) is 6.04 Å². The van der Waals surface area contributed by atoms with E-state index in [-0.39, 0.29) is 19.4 Å². The second-order valence-electron chi connectivity index (χ2n) is 3.73. The smallest absolute Gasteiger partial charge is 0.326 e. The summed E-state index contributed by atoms with van der Waals surface area (Å²) in [6, 6.07) is 2.12. The van der Waals surface area contributed by atoms with E-state index in [1.54, 1.807) is 12.1 Å². The first-order valence-electron chi connectivity index (χ1n) is 5.36. The van der Waals surface area contributed by atoms with Crippen LogP contribution in [-0.4, -0.2) is 39.7 Å². The number of carboxylic acid groups (broad SMARTS) is 1. The number of nitrogens with zero attached hydrogens (tertiary/aromatic N) is 1. The van der Waals surface area contributed by atoms with Crippen molar-refractivity contribution in [2.24, 2.45) is 0 Å². The number of carbonyl (C=O) groups is 2. The minimum absolute atomic E-state index is 0.0315. The Balaban J connectivity index is 2.54. The summed E-state index contributed by atoms with van der Waals surface area (Å²) in [5.41, 5.74) is 6.43. The number of aliphatic carboxylic acids is 1. The third-order valence-corrected chi connectivity index (χ3v) is 2.24. The Morgan fingerprint density at radius 2 is 2.17 bits per heavy atom. The molecule has 1 amide bonds. The van der Waals surface area contributed by atoms with Crippen LogP contribution in [0.3, 0.4) is 0 Å². The van der Waals surface area contributed by atoms with Gasteiger partial charge in [0.05, 0.1) is 18.3 Å². The molecule has 1 aromatic rings. The minimum atomic E-state index is -1.18. The first-order valence-corrected chi connectivity index (χ1v) is 5.36. The molecule has 0 bridgehead atoms. The van der Waals surface area contributed by atoms with Crippen molar-refractivity contribution in [1.82, 2.24) is 10.3 Å². The fourth-order valence-electron chi connectivity index (χ4n) is 1.34. The van der Waals surface area contributed by atoms with E-state index in [4.69, 9.17) is 15.9 Å². The van der Waals surface area contributed by atoms with E-state index in [0.29, 0.717) is 11.4 Å². The van der Waals surface area contributed by atoms with Crippen molar-refractivity contribution in [2.75, 3.05) is 12.3 Å². The highest BCUT2D eigenvalue weighted by Gasteiger charge is 2.19. The highest BCUT2D eigenvalue weighted by molar-refractivity contribution is 5.84. The summed E-state index contributed by atoms with van der Waals surface area (Å²) in [6.07, 6.45) is 1.36. The molecule has 0 unspecified atom stereocenters. The van der Waals surface area contributed by atoms with Gasteiger partial charge in [-0.25, -0.2) is 4.79 Å². The standard InChI is InChI=1S/C11H15N3O4/c12-7-1-2-8(13-6-7)5-10(16)14-9(3-4-15)11(17)18/h1-2,6,9,15H,3-5,12H2,(H,14,16)(H,17,18)/t9-/m0/s1. The summed E-state index contributed by atoms with van der Waals surface area (Å²) in [7, 11) is 0. The maximum Gasteiger partial charge on any atom is 0.326 e. The van der Waals surface area contributed by atoms with Crippen LogP contribution in [-0.2, 0) is 16.0 Å². The minimum Gasteiger partial charge on any atom is -0.480 e. The first kappa shape index (κ1) is 13.9. The molecular formula is C11H15N3O4. The van der Waals surface area contributed by atoms with Crippen LogP contribution in [0.5, 0.6) is 0 Å². The molecule has 5 N–H and O–H groups in total. The quantitative estimate of drug-likeness (QED) is 0.523. The van der Waals surface area contributed by atoms with E-state index < -0.39 is 17.9 Å². The Morgan fingerprint density at radius 3 is 2.67 bits per heavy atom. The van der Waals surface area contributed by atoms with Crippen molar-refractivity contribution in [2.45, 2.75) is 18.9 Å².